The molecule has 0 spiro atoms. The molecule has 7 nitrogen and oxygen atoms in total. The maximum atomic E-state index is 12.9. The highest BCUT2D eigenvalue weighted by molar-refractivity contribution is 5.97. The van der Waals surface area contributed by atoms with Gasteiger partial charge in [0.05, 0.1) is 16.4 Å². The van der Waals surface area contributed by atoms with Gasteiger partial charge in [0.2, 0.25) is 0 Å². The number of hydrogen-bond donors (Lipinski definition) is 1. The van der Waals surface area contributed by atoms with Crippen molar-refractivity contribution in [3.05, 3.63) is 27.8 Å². The van der Waals surface area contributed by atoms with Crippen LogP contribution in [0, 0.1) is 16.0 Å². The van der Waals surface area contributed by atoms with E-state index in [1.165, 1.54) is 11.9 Å². The Bertz CT molecular complexity index is 764. The summed E-state index contributed by atoms with van der Waals surface area (Å²) < 4.78 is 68.5. The van der Waals surface area contributed by atoms with E-state index in [0.717, 1.165) is 12.1 Å². The molecule has 0 radical (unpaired) electrons. The lowest BCUT2D eigenvalue weighted by molar-refractivity contribution is -0.384. The number of amides is 1. The molecule has 0 aliphatic heterocycles. The third-order valence-electron chi connectivity index (χ3n) is 4.99. The number of nitro groups is 1. The van der Waals surface area contributed by atoms with Crippen LogP contribution in [0.5, 0.6) is 5.75 Å². The van der Waals surface area contributed by atoms with Gasteiger partial charge in [-0.2, -0.15) is 13.2 Å². The molecule has 12 heteroatoms. The summed E-state index contributed by atoms with van der Waals surface area (Å²) in [6, 6.07) is 1.45. The summed E-state index contributed by atoms with van der Waals surface area (Å²) in [7, 11) is 1.46. The van der Waals surface area contributed by atoms with E-state index in [-0.39, 0.29) is 37.1 Å². The molecule has 2 N–H and O–H groups in total. The molecule has 0 bridgehead atoms. The fourth-order valence-corrected chi connectivity index (χ4v) is 3.44. The van der Waals surface area contributed by atoms with Gasteiger partial charge < -0.3 is 15.4 Å². The summed E-state index contributed by atoms with van der Waals surface area (Å²) in [4.78, 5) is 23.7. The van der Waals surface area contributed by atoms with Gasteiger partial charge in [-0.15, -0.1) is 0 Å². The number of halogens is 5. The summed E-state index contributed by atoms with van der Waals surface area (Å²) in [6.07, 6.45) is -7.12. The first-order valence-corrected chi connectivity index (χ1v) is 8.74. The number of alkyl halides is 5. The van der Waals surface area contributed by atoms with E-state index in [0.29, 0.717) is 0 Å². The van der Waals surface area contributed by atoms with E-state index in [1.54, 1.807) is 0 Å². The van der Waals surface area contributed by atoms with Crippen LogP contribution in [-0.2, 0) is 0 Å². The van der Waals surface area contributed by atoms with E-state index in [2.05, 4.69) is 0 Å². The van der Waals surface area contributed by atoms with Gasteiger partial charge in [-0.1, -0.05) is 0 Å². The number of carbonyl (C=O) groups is 1. The third-order valence-corrected chi connectivity index (χ3v) is 4.99. The molecular formula is C17H20F5N3O4. The van der Waals surface area contributed by atoms with Gasteiger partial charge in [-0.25, -0.2) is 8.78 Å². The SMILES string of the molecule is CN(c1cc(OCC(F)F)c(C(N)=O)cc1[N+](=O)[O-])C1CCC(C(F)(F)F)CC1. The van der Waals surface area contributed by atoms with Crippen LogP contribution in [0.25, 0.3) is 0 Å². The van der Waals surface area contributed by atoms with Crippen molar-refractivity contribution in [1.29, 1.82) is 0 Å². The number of carbonyl (C=O) groups excluding carboxylic acids is 1. The number of primary amides is 1. The highest BCUT2D eigenvalue weighted by atomic mass is 19.4. The monoisotopic (exact) mass is 425 g/mol. The number of hydrogen-bond acceptors (Lipinski definition) is 5. The van der Waals surface area contributed by atoms with E-state index in [9.17, 15) is 36.9 Å². The van der Waals surface area contributed by atoms with Gasteiger partial charge in [0.25, 0.3) is 18.0 Å². The Hall–Kier alpha value is -2.66. The molecule has 0 atom stereocenters. The lowest BCUT2D eigenvalue weighted by Gasteiger charge is -2.36. The maximum Gasteiger partial charge on any atom is 0.391 e. The largest absolute Gasteiger partial charge is 0.487 e. The number of nitro benzene ring substituents is 1. The zero-order valence-electron chi connectivity index (χ0n) is 15.4. The molecule has 0 saturated heterocycles. The van der Waals surface area contributed by atoms with E-state index in [1.807, 2.05) is 0 Å². The Labute approximate surface area is 162 Å². The summed E-state index contributed by atoms with van der Waals surface area (Å²) >= 11 is 0. The minimum absolute atomic E-state index is 0.0558. The second kappa shape index (κ2) is 8.78. The molecule has 0 aromatic heterocycles. The van der Waals surface area contributed by atoms with E-state index >= 15 is 0 Å². The fraction of sp³-hybridized carbons (Fsp3) is 0.588. The van der Waals surface area contributed by atoms with Crippen LogP contribution in [0.15, 0.2) is 12.1 Å². The zero-order chi connectivity index (χ0) is 21.9. The molecule has 1 aromatic carbocycles. The molecule has 1 fully saturated rings. The van der Waals surface area contributed by atoms with Crippen molar-refractivity contribution in [3.8, 4) is 5.75 Å². The van der Waals surface area contributed by atoms with Crippen molar-refractivity contribution in [2.24, 2.45) is 11.7 Å². The molecule has 1 amide bonds. The first kappa shape index (κ1) is 22.6. The Morgan fingerprint density at radius 1 is 1.31 bits per heavy atom. The quantitative estimate of drug-likeness (QED) is 0.406. The molecule has 1 aliphatic rings. The molecule has 1 saturated carbocycles. The first-order valence-electron chi connectivity index (χ1n) is 8.74. The Balaban J connectivity index is 2.35. The standard InChI is InChI=1S/C17H20F5N3O4/c1-24(10-4-2-9(3-5-10)17(20,21)22)12-7-14(29-8-15(18)19)11(16(23)26)6-13(12)25(27)28/h6-7,9-10,15H,2-5,8H2,1H3,(H2,23,26). The summed E-state index contributed by atoms with van der Waals surface area (Å²) in [5, 5.41) is 11.5. The summed E-state index contributed by atoms with van der Waals surface area (Å²) in [5.41, 5.74) is 4.15. The van der Waals surface area contributed by atoms with Crippen LogP contribution < -0.4 is 15.4 Å². The number of nitrogens with zero attached hydrogens (tertiary/aromatic N) is 2. The smallest absolute Gasteiger partial charge is 0.391 e. The maximum absolute atomic E-state index is 12.9. The predicted molar refractivity (Wildman–Crippen MR) is 93.3 cm³/mol. The predicted octanol–water partition coefficient (Wildman–Crippen LogP) is 3.89. The summed E-state index contributed by atoms with van der Waals surface area (Å²) in [5.74, 6) is -2.88. The van der Waals surface area contributed by atoms with Gasteiger partial charge in [-0.3, -0.25) is 14.9 Å². The Morgan fingerprint density at radius 2 is 1.90 bits per heavy atom. The zero-order valence-corrected chi connectivity index (χ0v) is 15.4. The molecule has 162 valence electrons. The van der Waals surface area contributed by atoms with Crippen LogP contribution in [0.3, 0.4) is 0 Å². The average Bonchev–Trinajstić information content (AvgIpc) is 2.64. The number of rotatable bonds is 7. The number of benzene rings is 1. The van der Waals surface area contributed by atoms with Crippen LogP contribution in [0.1, 0.15) is 36.0 Å². The lowest BCUT2D eigenvalue weighted by atomic mass is 9.85. The van der Waals surface area contributed by atoms with Crippen LogP contribution in [0.2, 0.25) is 0 Å². The Morgan fingerprint density at radius 3 is 2.34 bits per heavy atom. The molecule has 0 unspecified atom stereocenters. The van der Waals surface area contributed by atoms with Crippen LogP contribution in [0.4, 0.5) is 33.3 Å². The van der Waals surface area contributed by atoms with Crippen molar-refractivity contribution in [2.45, 2.75) is 44.3 Å². The summed E-state index contributed by atoms with van der Waals surface area (Å²) in [6.45, 7) is -1.06. The minimum atomic E-state index is -4.30. The highest BCUT2D eigenvalue weighted by Gasteiger charge is 2.42. The Kier molecular flexibility index (Phi) is 6.85. The van der Waals surface area contributed by atoms with Crippen molar-refractivity contribution in [2.75, 3.05) is 18.6 Å². The molecule has 1 aliphatic carbocycles. The molecule has 2 rings (SSSR count). The van der Waals surface area contributed by atoms with E-state index < -0.39 is 53.2 Å². The van der Waals surface area contributed by atoms with Crippen molar-refractivity contribution in [3.63, 3.8) is 0 Å². The molecular weight excluding hydrogens is 405 g/mol. The molecule has 29 heavy (non-hydrogen) atoms. The third kappa shape index (κ3) is 5.45. The fourth-order valence-electron chi connectivity index (χ4n) is 3.44. The van der Waals surface area contributed by atoms with Crippen molar-refractivity contribution in [1.82, 2.24) is 0 Å². The highest BCUT2D eigenvalue weighted by Crippen LogP contribution is 2.42. The van der Waals surface area contributed by atoms with Crippen LogP contribution in [-0.4, -0.2) is 43.1 Å². The minimum Gasteiger partial charge on any atom is -0.487 e. The topological polar surface area (TPSA) is 98.7 Å². The number of ether oxygens (including phenoxy) is 1. The second-order valence-electron chi connectivity index (χ2n) is 6.82. The van der Waals surface area contributed by atoms with Gasteiger partial charge in [-0.05, 0) is 25.7 Å². The first-order chi connectivity index (χ1) is 13.4. The van der Waals surface area contributed by atoms with E-state index in [4.69, 9.17) is 10.5 Å². The number of nitrogens with two attached hydrogens (primary N) is 1. The lowest BCUT2D eigenvalue weighted by Crippen LogP contribution is -2.38. The number of anilines is 1. The van der Waals surface area contributed by atoms with Crippen molar-refractivity contribution < 1.29 is 36.4 Å². The van der Waals surface area contributed by atoms with Gasteiger partial charge >= 0.3 is 6.18 Å². The van der Waals surface area contributed by atoms with Gasteiger partial charge in [0, 0.05) is 25.2 Å². The van der Waals surface area contributed by atoms with Crippen molar-refractivity contribution >= 4 is 17.3 Å². The van der Waals surface area contributed by atoms with Crippen LogP contribution >= 0.6 is 0 Å². The average molecular weight is 425 g/mol. The molecule has 1 aromatic rings. The van der Waals surface area contributed by atoms with Gasteiger partial charge in [0.1, 0.15) is 18.0 Å². The molecule has 0 heterocycles. The normalized spacial score (nSPS) is 19.8. The van der Waals surface area contributed by atoms with Gasteiger partial charge in [0.15, 0.2) is 0 Å². The second-order valence-corrected chi connectivity index (χ2v) is 6.82.